The van der Waals surface area contributed by atoms with E-state index >= 15 is 0 Å². The van der Waals surface area contributed by atoms with Crippen LogP contribution in [-0.4, -0.2) is 66.7 Å². The molecule has 1 aromatic rings. The van der Waals surface area contributed by atoms with Gasteiger partial charge in [-0.1, -0.05) is 6.92 Å². The Bertz CT molecular complexity index is 453. The highest BCUT2D eigenvalue weighted by Crippen LogP contribution is 2.24. The van der Waals surface area contributed by atoms with Crippen LogP contribution in [0.5, 0.6) is 6.01 Å². The van der Waals surface area contributed by atoms with E-state index in [1.54, 1.807) is 0 Å². The zero-order valence-corrected chi connectivity index (χ0v) is 13.5. The molecule has 118 valence electrons. The Hall–Kier alpha value is -1.63. The van der Waals surface area contributed by atoms with Gasteiger partial charge >= 0.3 is 6.01 Å². The number of rotatable bonds is 7. The van der Waals surface area contributed by atoms with E-state index in [4.69, 9.17) is 4.74 Å². The maximum absolute atomic E-state index is 5.57. The molecule has 7 heteroatoms. The maximum Gasteiger partial charge on any atom is 0.323 e. The van der Waals surface area contributed by atoms with E-state index in [2.05, 4.69) is 51.1 Å². The van der Waals surface area contributed by atoms with Gasteiger partial charge in [0.15, 0.2) is 0 Å². The van der Waals surface area contributed by atoms with Crippen molar-refractivity contribution in [2.45, 2.75) is 32.2 Å². The molecule has 2 rings (SSSR count). The summed E-state index contributed by atoms with van der Waals surface area (Å²) in [6, 6.07) is 0.854. The van der Waals surface area contributed by atoms with Crippen LogP contribution < -0.4 is 15.0 Å². The third-order valence-corrected chi connectivity index (χ3v) is 3.47. The van der Waals surface area contributed by atoms with E-state index in [0.717, 1.165) is 19.5 Å². The van der Waals surface area contributed by atoms with Crippen molar-refractivity contribution >= 4 is 11.9 Å². The predicted molar refractivity (Wildman–Crippen MR) is 84.1 cm³/mol. The van der Waals surface area contributed by atoms with Gasteiger partial charge in [0.2, 0.25) is 11.9 Å². The average molecular weight is 294 g/mol. The molecule has 0 radical (unpaired) electrons. The smallest absolute Gasteiger partial charge is 0.323 e. The maximum atomic E-state index is 5.57. The molecule has 0 saturated carbocycles. The molecule has 1 atom stereocenters. The highest BCUT2D eigenvalue weighted by atomic mass is 16.5. The SMILES string of the molecule is CCCOc1nc(NC)nc(N2CCCC2CN(C)C)n1. The highest BCUT2D eigenvalue weighted by molar-refractivity contribution is 5.40. The van der Waals surface area contributed by atoms with Gasteiger partial charge in [-0.25, -0.2) is 0 Å². The lowest BCUT2D eigenvalue weighted by molar-refractivity contribution is 0.291. The lowest BCUT2D eigenvalue weighted by Crippen LogP contribution is -2.38. The van der Waals surface area contributed by atoms with Crippen LogP contribution in [0, 0.1) is 0 Å². The second-order valence-corrected chi connectivity index (χ2v) is 5.59. The second kappa shape index (κ2) is 7.40. The van der Waals surface area contributed by atoms with Crippen LogP contribution in [0.1, 0.15) is 26.2 Å². The Morgan fingerprint density at radius 3 is 2.81 bits per heavy atom. The van der Waals surface area contributed by atoms with Gasteiger partial charge in [-0.3, -0.25) is 0 Å². The Morgan fingerprint density at radius 1 is 1.33 bits per heavy atom. The Balaban J connectivity index is 2.20. The van der Waals surface area contributed by atoms with Gasteiger partial charge in [0.25, 0.3) is 0 Å². The molecule has 7 nitrogen and oxygen atoms in total. The molecule has 1 N–H and O–H groups in total. The van der Waals surface area contributed by atoms with Gasteiger partial charge in [-0.05, 0) is 33.4 Å². The number of anilines is 2. The van der Waals surface area contributed by atoms with Gasteiger partial charge in [-0.2, -0.15) is 15.0 Å². The largest absolute Gasteiger partial charge is 0.463 e. The van der Waals surface area contributed by atoms with E-state index in [1.165, 1.54) is 12.8 Å². The number of aromatic nitrogens is 3. The van der Waals surface area contributed by atoms with Gasteiger partial charge in [-0.15, -0.1) is 0 Å². The number of likely N-dealkylation sites (N-methyl/N-ethyl adjacent to an activating group) is 1. The summed E-state index contributed by atoms with van der Waals surface area (Å²) in [6.45, 7) is 4.67. The summed E-state index contributed by atoms with van der Waals surface area (Å²) < 4.78 is 5.57. The lowest BCUT2D eigenvalue weighted by atomic mass is 10.2. The normalized spacial score (nSPS) is 18.3. The van der Waals surface area contributed by atoms with Crippen molar-refractivity contribution < 1.29 is 4.74 Å². The fraction of sp³-hybridized carbons (Fsp3) is 0.786. The fourth-order valence-electron chi connectivity index (χ4n) is 2.55. The molecule has 0 amide bonds. The summed E-state index contributed by atoms with van der Waals surface area (Å²) in [5, 5.41) is 2.98. The zero-order valence-electron chi connectivity index (χ0n) is 13.5. The summed E-state index contributed by atoms with van der Waals surface area (Å²) in [5.74, 6) is 1.27. The second-order valence-electron chi connectivity index (χ2n) is 5.59. The van der Waals surface area contributed by atoms with E-state index in [9.17, 15) is 0 Å². The van der Waals surface area contributed by atoms with E-state index < -0.39 is 0 Å². The Kier molecular flexibility index (Phi) is 5.55. The molecule has 21 heavy (non-hydrogen) atoms. The molecule has 0 bridgehead atoms. The lowest BCUT2D eigenvalue weighted by Gasteiger charge is -2.27. The minimum absolute atomic E-state index is 0.404. The summed E-state index contributed by atoms with van der Waals surface area (Å²) in [6.07, 6.45) is 3.27. The minimum Gasteiger partial charge on any atom is -0.463 e. The van der Waals surface area contributed by atoms with Crippen molar-refractivity contribution in [2.75, 3.05) is 51.1 Å². The van der Waals surface area contributed by atoms with Crippen molar-refractivity contribution in [3.8, 4) is 6.01 Å². The van der Waals surface area contributed by atoms with Crippen LogP contribution in [-0.2, 0) is 0 Å². The van der Waals surface area contributed by atoms with Crippen molar-refractivity contribution in [3.05, 3.63) is 0 Å². The number of hydrogen-bond acceptors (Lipinski definition) is 7. The van der Waals surface area contributed by atoms with Crippen molar-refractivity contribution in [2.24, 2.45) is 0 Å². The summed E-state index contributed by atoms with van der Waals surface area (Å²) >= 11 is 0. The standard InChI is InChI=1S/C14H26N6O/c1-5-9-21-14-17-12(15-2)16-13(18-14)20-8-6-7-11(20)10-19(3)4/h11H,5-10H2,1-4H3,(H,15,16,17,18). The molecule has 1 aliphatic heterocycles. The Morgan fingerprint density at radius 2 is 2.14 bits per heavy atom. The Labute approximate surface area is 126 Å². The van der Waals surface area contributed by atoms with E-state index in [1.807, 2.05) is 7.05 Å². The zero-order chi connectivity index (χ0) is 15.2. The predicted octanol–water partition coefficient (Wildman–Crippen LogP) is 1.23. The molecule has 0 spiro atoms. The molecule has 1 aromatic heterocycles. The van der Waals surface area contributed by atoms with Crippen LogP contribution in [0.2, 0.25) is 0 Å². The summed E-state index contributed by atoms with van der Waals surface area (Å²) in [5.41, 5.74) is 0. The topological polar surface area (TPSA) is 66.4 Å². The van der Waals surface area contributed by atoms with Crippen LogP contribution in [0.4, 0.5) is 11.9 Å². The van der Waals surface area contributed by atoms with Crippen LogP contribution in [0.15, 0.2) is 0 Å². The average Bonchev–Trinajstić information content (AvgIpc) is 2.92. The van der Waals surface area contributed by atoms with Crippen LogP contribution >= 0.6 is 0 Å². The van der Waals surface area contributed by atoms with Crippen molar-refractivity contribution in [1.29, 1.82) is 0 Å². The van der Waals surface area contributed by atoms with E-state index in [0.29, 0.717) is 30.6 Å². The molecule has 1 fully saturated rings. The molecule has 1 saturated heterocycles. The summed E-state index contributed by atoms with van der Waals surface area (Å²) in [4.78, 5) is 17.7. The number of nitrogens with one attached hydrogen (secondary N) is 1. The quantitative estimate of drug-likeness (QED) is 0.811. The first-order valence-electron chi connectivity index (χ1n) is 7.62. The minimum atomic E-state index is 0.404. The molecule has 2 heterocycles. The number of nitrogens with zero attached hydrogens (tertiary/aromatic N) is 5. The third kappa shape index (κ3) is 4.17. The van der Waals surface area contributed by atoms with Gasteiger partial charge in [0, 0.05) is 26.2 Å². The van der Waals surface area contributed by atoms with Gasteiger partial charge < -0.3 is 19.9 Å². The molecular weight excluding hydrogens is 268 g/mol. The first kappa shape index (κ1) is 15.8. The monoisotopic (exact) mass is 294 g/mol. The van der Waals surface area contributed by atoms with Gasteiger partial charge in [0.05, 0.1) is 6.61 Å². The molecule has 1 unspecified atom stereocenters. The first-order chi connectivity index (χ1) is 10.1. The molecule has 0 aromatic carbocycles. The first-order valence-corrected chi connectivity index (χ1v) is 7.62. The third-order valence-electron chi connectivity index (χ3n) is 3.47. The molecular formula is C14H26N6O. The van der Waals surface area contributed by atoms with Crippen molar-refractivity contribution in [3.63, 3.8) is 0 Å². The number of ether oxygens (including phenoxy) is 1. The van der Waals surface area contributed by atoms with Gasteiger partial charge in [0.1, 0.15) is 0 Å². The molecule has 0 aliphatic carbocycles. The van der Waals surface area contributed by atoms with E-state index in [-0.39, 0.29) is 0 Å². The molecule has 1 aliphatic rings. The summed E-state index contributed by atoms with van der Waals surface area (Å²) in [7, 11) is 6.00. The van der Waals surface area contributed by atoms with Crippen LogP contribution in [0.25, 0.3) is 0 Å². The van der Waals surface area contributed by atoms with Crippen molar-refractivity contribution in [1.82, 2.24) is 19.9 Å². The fourth-order valence-corrected chi connectivity index (χ4v) is 2.55. The number of hydrogen-bond donors (Lipinski definition) is 1. The van der Waals surface area contributed by atoms with Crippen LogP contribution in [0.3, 0.4) is 0 Å². The highest BCUT2D eigenvalue weighted by Gasteiger charge is 2.28.